The lowest BCUT2D eigenvalue weighted by atomic mass is 10.1. The first-order chi connectivity index (χ1) is 17.1. The number of nitrogens with zero attached hydrogens (tertiary/aromatic N) is 3. The summed E-state index contributed by atoms with van der Waals surface area (Å²) >= 11 is 1.21. The lowest BCUT2D eigenvalue weighted by molar-refractivity contribution is 0.0707. The zero-order chi connectivity index (χ0) is 26.5. The van der Waals surface area contributed by atoms with Gasteiger partial charge in [-0.2, -0.15) is 8.75 Å². The number of hydrogen-bond donors (Lipinski definition) is 3. The molecule has 0 bridgehead atoms. The molecule has 3 aromatic rings. The summed E-state index contributed by atoms with van der Waals surface area (Å²) in [5.74, 6) is 0.603. The van der Waals surface area contributed by atoms with Gasteiger partial charge in [-0.25, -0.2) is 0 Å². The molecule has 9 heteroatoms. The molecule has 0 atom stereocenters. The third kappa shape index (κ3) is 11.9. The summed E-state index contributed by atoms with van der Waals surface area (Å²) in [6, 6.07) is 15.3. The lowest BCUT2D eigenvalue weighted by Gasteiger charge is -2.18. The van der Waals surface area contributed by atoms with Gasteiger partial charge in [0.05, 0.1) is 35.8 Å². The van der Waals surface area contributed by atoms with Crippen LogP contribution < -0.4 is 10.6 Å². The standard InChI is InChI=1S/C13H20N2O3.C9H9N3S.C2H6.C2H2/c1-4-18-9-8-15(3)13(17)10-6-5-7-11(14-2)12(10)16;1-2-4-8(5-3-1)6-10-9-7-11-13-12-9;2*1-2/h5-7,14,16H,4,8-9H2,1-3H3;1-5,7H,6H2,(H,10,12);1-2H3;1-2H. The van der Waals surface area contributed by atoms with Crippen molar-refractivity contribution in [3.05, 3.63) is 65.9 Å². The molecule has 35 heavy (non-hydrogen) atoms. The number of para-hydroxylation sites is 1. The fourth-order valence-corrected chi connectivity index (χ4v) is 3.00. The molecule has 1 aromatic heterocycles. The predicted octanol–water partition coefficient (Wildman–Crippen LogP) is 4.97. The van der Waals surface area contributed by atoms with Gasteiger partial charge in [-0.1, -0.05) is 50.2 Å². The van der Waals surface area contributed by atoms with Crippen molar-refractivity contribution < 1.29 is 14.6 Å². The maximum absolute atomic E-state index is 12.1. The Morgan fingerprint density at radius 2 is 1.83 bits per heavy atom. The van der Waals surface area contributed by atoms with Gasteiger partial charge in [0.1, 0.15) is 0 Å². The molecule has 0 fully saturated rings. The van der Waals surface area contributed by atoms with Crippen molar-refractivity contribution in [2.24, 2.45) is 0 Å². The van der Waals surface area contributed by atoms with E-state index in [1.165, 1.54) is 22.2 Å². The summed E-state index contributed by atoms with van der Waals surface area (Å²) < 4.78 is 13.1. The lowest BCUT2D eigenvalue weighted by Crippen LogP contribution is -2.30. The van der Waals surface area contributed by atoms with Gasteiger partial charge in [0, 0.05) is 33.8 Å². The number of aromatic nitrogens is 2. The highest BCUT2D eigenvalue weighted by Crippen LogP contribution is 2.27. The number of benzene rings is 2. The van der Waals surface area contributed by atoms with Crippen LogP contribution in [0.5, 0.6) is 5.75 Å². The van der Waals surface area contributed by atoms with E-state index in [9.17, 15) is 9.90 Å². The van der Waals surface area contributed by atoms with Crippen LogP contribution >= 0.6 is 11.7 Å². The summed E-state index contributed by atoms with van der Waals surface area (Å²) in [7, 11) is 3.38. The van der Waals surface area contributed by atoms with Crippen LogP contribution in [0.1, 0.15) is 36.7 Å². The van der Waals surface area contributed by atoms with Gasteiger partial charge in [0.25, 0.3) is 5.91 Å². The van der Waals surface area contributed by atoms with E-state index in [4.69, 9.17) is 4.74 Å². The predicted molar refractivity (Wildman–Crippen MR) is 146 cm³/mol. The summed E-state index contributed by atoms with van der Waals surface area (Å²) in [6.07, 6.45) is 9.73. The van der Waals surface area contributed by atoms with Gasteiger partial charge >= 0.3 is 0 Å². The van der Waals surface area contributed by atoms with E-state index in [2.05, 4.69) is 44.4 Å². The van der Waals surface area contributed by atoms with Crippen molar-refractivity contribution >= 4 is 29.1 Å². The number of anilines is 2. The fraction of sp³-hybridized carbons (Fsp3) is 0.346. The first-order valence-corrected chi connectivity index (χ1v) is 12.0. The Morgan fingerprint density at radius 3 is 2.40 bits per heavy atom. The highest BCUT2D eigenvalue weighted by molar-refractivity contribution is 6.99. The summed E-state index contributed by atoms with van der Waals surface area (Å²) in [6.45, 7) is 8.32. The molecule has 0 saturated heterocycles. The summed E-state index contributed by atoms with van der Waals surface area (Å²) in [4.78, 5) is 13.6. The molecule has 0 saturated carbocycles. The van der Waals surface area contributed by atoms with Crippen LogP contribution in [-0.2, 0) is 11.3 Å². The summed E-state index contributed by atoms with van der Waals surface area (Å²) in [5.41, 5.74) is 2.08. The average molecular weight is 500 g/mol. The second kappa shape index (κ2) is 19.8. The van der Waals surface area contributed by atoms with Crippen molar-refractivity contribution in [2.75, 3.05) is 44.5 Å². The maximum Gasteiger partial charge on any atom is 0.257 e. The van der Waals surface area contributed by atoms with Gasteiger partial charge in [-0.05, 0) is 24.6 Å². The minimum Gasteiger partial charge on any atom is -0.505 e. The van der Waals surface area contributed by atoms with Crippen LogP contribution in [0, 0.1) is 12.8 Å². The van der Waals surface area contributed by atoms with Crippen molar-refractivity contribution in [3.8, 4) is 18.6 Å². The third-order valence-corrected chi connectivity index (χ3v) is 4.81. The van der Waals surface area contributed by atoms with Gasteiger partial charge in [0.2, 0.25) is 0 Å². The minimum absolute atomic E-state index is 0.0201. The number of likely N-dealkylation sites (N-methyl/N-ethyl adjacent to an activating group) is 1. The number of aromatic hydroxyl groups is 1. The molecule has 3 N–H and O–H groups in total. The first kappa shape index (κ1) is 31.4. The number of carbonyl (C=O) groups excluding carboxylic acids is 1. The number of nitrogens with one attached hydrogen (secondary N) is 2. The number of carbonyl (C=O) groups is 1. The van der Waals surface area contributed by atoms with Crippen LogP contribution in [0.15, 0.2) is 54.7 Å². The van der Waals surface area contributed by atoms with Crippen molar-refractivity contribution in [1.82, 2.24) is 13.6 Å². The minimum atomic E-state index is -0.218. The number of hydrogen-bond acceptors (Lipinski definition) is 8. The molecular weight excluding hydrogens is 462 g/mol. The highest BCUT2D eigenvalue weighted by atomic mass is 32.1. The second-order valence-electron chi connectivity index (χ2n) is 6.51. The second-order valence-corrected chi connectivity index (χ2v) is 7.06. The quantitative estimate of drug-likeness (QED) is 0.217. The normalized spacial score (nSPS) is 9.11. The molecule has 0 spiro atoms. The molecule has 0 radical (unpaired) electrons. The third-order valence-electron chi connectivity index (χ3n) is 4.34. The molecule has 190 valence electrons. The fourth-order valence-electron chi connectivity index (χ4n) is 2.60. The van der Waals surface area contributed by atoms with Crippen molar-refractivity contribution in [2.45, 2.75) is 27.3 Å². The number of ether oxygens (including phenoxy) is 1. The largest absolute Gasteiger partial charge is 0.505 e. The van der Waals surface area contributed by atoms with E-state index < -0.39 is 0 Å². The molecule has 0 aliphatic rings. The smallest absolute Gasteiger partial charge is 0.257 e. The molecule has 0 unspecified atom stereocenters. The van der Waals surface area contributed by atoms with Crippen LogP contribution in [0.2, 0.25) is 0 Å². The first-order valence-electron chi connectivity index (χ1n) is 11.3. The van der Waals surface area contributed by atoms with Gasteiger partial charge in [0.15, 0.2) is 11.6 Å². The Labute approximate surface area is 213 Å². The molecular formula is C26H37N5O3S. The molecule has 0 aliphatic carbocycles. The van der Waals surface area contributed by atoms with E-state index in [1.807, 2.05) is 39.0 Å². The summed E-state index contributed by atoms with van der Waals surface area (Å²) in [5, 5.41) is 16.0. The van der Waals surface area contributed by atoms with Crippen LogP contribution in [-0.4, -0.2) is 58.5 Å². The van der Waals surface area contributed by atoms with Gasteiger partial charge in [-0.3, -0.25) is 4.79 Å². The molecule has 1 heterocycles. The van der Waals surface area contributed by atoms with E-state index in [0.717, 1.165) is 12.4 Å². The Kier molecular flexibility index (Phi) is 17.8. The van der Waals surface area contributed by atoms with Gasteiger partial charge < -0.3 is 25.4 Å². The molecule has 8 nitrogen and oxygen atoms in total. The van der Waals surface area contributed by atoms with E-state index in [-0.39, 0.29) is 11.7 Å². The highest BCUT2D eigenvalue weighted by Gasteiger charge is 2.17. The Hall–Kier alpha value is -3.61. The average Bonchev–Trinajstić information content (AvgIpc) is 3.44. The number of terminal acetylenes is 1. The molecule has 0 aliphatic heterocycles. The Morgan fingerprint density at radius 1 is 1.14 bits per heavy atom. The molecule has 1 amide bonds. The van der Waals surface area contributed by atoms with E-state index >= 15 is 0 Å². The van der Waals surface area contributed by atoms with Crippen molar-refractivity contribution in [3.63, 3.8) is 0 Å². The van der Waals surface area contributed by atoms with E-state index in [0.29, 0.717) is 31.0 Å². The zero-order valence-corrected chi connectivity index (χ0v) is 22.0. The van der Waals surface area contributed by atoms with Crippen LogP contribution in [0.4, 0.5) is 11.5 Å². The Bertz CT molecular complexity index is 950. The van der Waals surface area contributed by atoms with Crippen LogP contribution in [0.25, 0.3) is 0 Å². The number of rotatable bonds is 9. The number of amides is 1. The number of phenolic OH excluding ortho intramolecular Hbond substituents is 1. The van der Waals surface area contributed by atoms with Crippen LogP contribution in [0.3, 0.4) is 0 Å². The maximum atomic E-state index is 12.1. The SMILES string of the molecule is C#C.CC.CCOCCN(C)C(=O)c1cccc(NC)c1O.c1ccc(CNc2cnsn2)cc1. The molecule has 3 rings (SSSR count). The monoisotopic (exact) mass is 499 g/mol. The van der Waals surface area contributed by atoms with E-state index in [1.54, 1.807) is 38.5 Å². The van der Waals surface area contributed by atoms with Crippen molar-refractivity contribution in [1.29, 1.82) is 0 Å². The zero-order valence-electron chi connectivity index (χ0n) is 21.2. The Balaban J connectivity index is 0.000000597. The van der Waals surface area contributed by atoms with Gasteiger partial charge in [-0.15, -0.1) is 12.8 Å². The topological polar surface area (TPSA) is 99.6 Å². The number of phenols is 1. The molecule has 2 aromatic carbocycles.